The number of halogens is 2. The molecule has 1 amide bonds. The van der Waals surface area contributed by atoms with E-state index in [-0.39, 0.29) is 23.3 Å². The number of likely N-dealkylation sites (tertiary alicyclic amines) is 1. The van der Waals surface area contributed by atoms with E-state index in [1.54, 1.807) is 29.2 Å². The SMILES string of the molecule is N#C/C(=C\C1CC1)C(=O)N1CCC[C@@H]1Cn1cc(-c2ccc(Oc3cccc(F)c3F)cc2)c2c(N)ncnc21. The normalized spacial score (nSPS) is 17.3. The molecule has 2 aromatic carbocycles. The van der Waals surface area contributed by atoms with Crippen LogP contribution in [0.1, 0.15) is 25.7 Å². The number of nitrogens with zero attached hydrogens (tertiary/aromatic N) is 5. The van der Waals surface area contributed by atoms with Gasteiger partial charge in [0.2, 0.25) is 5.82 Å². The maximum absolute atomic E-state index is 14.0. The zero-order chi connectivity index (χ0) is 27.8. The van der Waals surface area contributed by atoms with Gasteiger partial charge in [-0.1, -0.05) is 24.3 Å². The minimum atomic E-state index is -1.05. The number of aromatic nitrogens is 3. The van der Waals surface area contributed by atoms with Gasteiger partial charge in [0.25, 0.3) is 5.91 Å². The van der Waals surface area contributed by atoms with Crippen LogP contribution in [0.4, 0.5) is 14.6 Å². The van der Waals surface area contributed by atoms with E-state index in [2.05, 4.69) is 16.0 Å². The van der Waals surface area contributed by atoms with Crippen molar-refractivity contribution < 1.29 is 18.3 Å². The summed E-state index contributed by atoms with van der Waals surface area (Å²) in [6.07, 6.45) is 8.87. The molecule has 3 heterocycles. The lowest BCUT2D eigenvalue weighted by Gasteiger charge is -2.25. The van der Waals surface area contributed by atoms with Crippen LogP contribution in [0.15, 0.2) is 66.6 Å². The van der Waals surface area contributed by atoms with Crippen LogP contribution in [-0.4, -0.2) is 37.9 Å². The second-order valence-electron chi connectivity index (χ2n) is 10.2. The Morgan fingerprint density at radius 1 is 1.15 bits per heavy atom. The first-order valence-corrected chi connectivity index (χ1v) is 13.2. The van der Waals surface area contributed by atoms with Crippen molar-refractivity contribution in [3.63, 3.8) is 0 Å². The van der Waals surface area contributed by atoms with Crippen molar-refractivity contribution in [3.8, 4) is 28.7 Å². The first kappa shape index (κ1) is 25.5. The molecule has 2 aliphatic rings. The maximum atomic E-state index is 14.0. The Morgan fingerprint density at radius 2 is 1.95 bits per heavy atom. The first-order chi connectivity index (χ1) is 19.4. The highest BCUT2D eigenvalue weighted by molar-refractivity contribution is 6.01. The molecule has 0 radical (unpaired) electrons. The fourth-order valence-electron chi connectivity index (χ4n) is 5.23. The Balaban J connectivity index is 1.28. The molecule has 4 aromatic rings. The summed E-state index contributed by atoms with van der Waals surface area (Å²) < 4.78 is 35.1. The molecule has 40 heavy (non-hydrogen) atoms. The number of amides is 1. The van der Waals surface area contributed by atoms with Crippen molar-refractivity contribution in [3.05, 3.63) is 78.3 Å². The van der Waals surface area contributed by atoms with Crippen LogP contribution in [0.25, 0.3) is 22.2 Å². The number of nitrogens with two attached hydrogens (primary N) is 1. The van der Waals surface area contributed by atoms with E-state index < -0.39 is 11.6 Å². The number of benzene rings is 2. The van der Waals surface area contributed by atoms with E-state index in [1.165, 1.54) is 18.5 Å². The molecule has 2 aromatic heterocycles. The average Bonchev–Trinajstić information content (AvgIpc) is 3.54. The molecule has 2 fully saturated rings. The zero-order valence-electron chi connectivity index (χ0n) is 21.6. The minimum Gasteiger partial charge on any atom is -0.454 e. The van der Waals surface area contributed by atoms with Gasteiger partial charge in [0.05, 0.1) is 11.4 Å². The molecule has 1 saturated heterocycles. The number of carbonyl (C=O) groups excluding carboxylic acids is 1. The smallest absolute Gasteiger partial charge is 0.264 e. The summed E-state index contributed by atoms with van der Waals surface area (Å²) >= 11 is 0. The Kier molecular flexibility index (Phi) is 6.64. The van der Waals surface area contributed by atoms with Gasteiger partial charge >= 0.3 is 0 Å². The number of nitriles is 1. The third-order valence-electron chi connectivity index (χ3n) is 7.41. The molecule has 0 spiro atoms. The highest BCUT2D eigenvalue weighted by atomic mass is 19.2. The Bertz CT molecular complexity index is 1670. The van der Waals surface area contributed by atoms with Gasteiger partial charge in [-0.25, -0.2) is 14.4 Å². The second kappa shape index (κ2) is 10.4. The fourth-order valence-corrected chi connectivity index (χ4v) is 5.23. The Morgan fingerprint density at radius 3 is 2.70 bits per heavy atom. The monoisotopic (exact) mass is 540 g/mol. The van der Waals surface area contributed by atoms with E-state index in [0.29, 0.717) is 41.6 Å². The lowest BCUT2D eigenvalue weighted by atomic mass is 10.1. The second-order valence-corrected chi connectivity index (χ2v) is 10.2. The summed E-state index contributed by atoms with van der Waals surface area (Å²) in [5, 5.41) is 10.3. The van der Waals surface area contributed by atoms with Crippen LogP contribution in [0.5, 0.6) is 11.5 Å². The first-order valence-electron chi connectivity index (χ1n) is 13.2. The molecule has 1 saturated carbocycles. The molecule has 6 rings (SSSR count). The number of hydrogen-bond acceptors (Lipinski definition) is 6. The predicted octanol–water partition coefficient (Wildman–Crippen LogP) is 5.60. The lowest BCUT2D eigenvalue weighted by molar-refractivity contribution is -0.127. The third kappa shape index (κ3) is 4.86. The van der Waals surface area contributed by atoms with Crippen LogP contribution in [0.3, 0.4) is 0 Å². The van der Waals surface area contributed by atoms with Crippen molar-refractivity contribution in [2.45, 2.75) is 38.3 Å². The third-order valence-corrected chi connectivity index (χ3v) is 7.41. The number of hydrogen-bond donors (Lipinski definition) is 1. The van der Waals surface area contributed by atoms with Crippen molar-refractivity contribution in [2.24, 2.45) is 5.92 Å². The number of anilines is 1. The topological polar surface area (TPSA) is 110 Å². The molecule has 2 N–H and O–H groups in total. The van der Waals surface area contributed by atoms with Gasteiger partial charge in [-0.3, -0.25) is 4.79 Å². The van der Waals surface area contributed by atoms with Crippen LogP contribution in [-0.2, 0) is 11.3 Å². The lowest BCUT2D eigenvalue weighted by Crippen LogP contribution is -2.38. The molecule has 10 heteroatoms. The van der Waals surface area contributed by atoms with Gasteiger partial charge in [0.1, 0.15) is 35.2 Å². The quantitative estimate of drug-likeness (QED) is 0.241. The zero-order valence-corrected chi connectivity index (χ0v) is 21.6. The molecular formula is C30H26F2N6O2. The summed E-state index contributed by atoms with van der Waals surface area (Å²) in [7, 11) is 0. The summed E-state index contributed by atoms with van der Waals surface area (Å²) in [4.78, 5) is 23.7. The predicted molar refractivity (Wildman–Crippen MR) is 145 cm³/mol. The minimum absolute atomic E-state index is 0.0972. The van der Waals surface area contributed by atoms with E-state index in [9.17, 15) is 18.8 Å². The number of carbonyl (C=O) groups is 1. The van der Waals surface area contributed by atoms with E-state index in [0.717, 1.165) is 42.9 Å². The van der Waals surface area contributed by atoms with Gasteiger partial charge in [0, 0.05) is 24.8 Å². The molecule has 1 aliphatic heterocycles. The number of nitrogen functional groups attached to an aromatic ring is 1. The molecule has 8 nitrogen and oxygen atoms in total. The fraction of sp³-hybridized carbons (Fsp3) is 0.267. The molecule has 0 bridgehead atoms. The molecule has 0 unspecified atom stereocenters. The van der Waals surface area contributed by atoms with E-state index in [4.69, 9.17) is 10.5 Å². The van der Waals surface area contributed by atoms with Crippen molar-refractivity contribution in [1.29, 1.82) is 5.26 Å². The summed E-state index contributed by atoms with van der Waals surface area (Å²) in [5.74, 6) is -1.46. The molecular weight excluding hydrogens is 514 g/mol. The number of allylic oxidation sites excluding steroid dienone is 1. The Hall–Kier alpha value is -4.78. The van der Waals surface area contributed by atoms with Crippen LogP contribution in [0.2, 0.25) is 0 Å². The number of fused-ring (bicyclic) bond motifs is 1. The molecule has 1 atom stereocenters. The molecule has 1 aliphatic carbocycles. The summed E-state index contributed by atoms with van der Waals surface area (Å²) in [6, 6.07) is 12.7. The van der Waals surface area contributed by atoms with Crippen molar-refractivity contribution in [2.75, 3.05) is 12.3 Å². The van der Waals surface area contributed by atoms with Gasteiger partial charge in [0.15, 0.2) is 11.6 Å². The maximum Gasteiger partial charge on any atom is 0.264 e. The standard InChI is InChI=1S/C30H26F2N6O2/c31-24-4-1-5-25(27(24)32)40-22-10-8-19(9-11-22)23-16-37(29-26(23)28(34)35-17-36-29)15-21-3-2-12-38(21)30(39)20(14-33)13-18-6-7-18/h1,4-5,8-11,13,16-18,21H,2-3,6-7,12,15H2,(H2,34,35,36)/b20-13+/t21-/m1/s1. The number of ether oxygens (including phenoxy) is 1. The summed E-state index contributed by atoms with van der Waals surface area (Å²) in [6.45, 7) is 1.09. The summed E-state index contributed by atoms with van der Waals surface area (Å²) in [5.41, 5.74) is 8.74. The van der Waals surface area contributed by atoms with Gasteiger partial charge < -0.3 is 19.9 Å². The molecule has 202 valence electrons. The van der Waals surface area contributed by atoms with Gasteiger partial charge in [-0.05, 0) is 61.4 Å². The van der Waals surface area contributed by atoms with Crippen LogP contribution in [0, 0.1) is 28.9 Å². The van der Waals surface area contributed by atoms with Gasteiger partial charge in [-0.15, -0.1) is 0 Å². The average molecular weight is 541 g/mol. The van der Waals surface area contributed by atoms with E-state index in [1.807, 2.05) is 16.8 Å². The van der Waals surface area contributed by atoms with Crippen LogP contribution < -0.4 is 10.5 Å². The highest BCUT2D eigenvalue weighted by Crippen LogP contribution is 2.36. The van der Waals surface area contributed by atoms with Crippen molar-refractivity contribution in [1.82, 2.24) is 19.4 Å². The van der Waals surface area contributed by atoms with Crippen LogP contribution >= 0.6 is 0 Å². The highest BCUT2D eigenvalue weighted by Gasteiger charge is 2.33. The number of rotatable bonds is 7. The van der Waals surface area contributed by atoms with E-state index >= 15 is 0 Å². The van der Waals surface area contributed by atoms with Gasteiger partial charge in [-0.2, -0.15) is 9.65 Å². The largest absolute Gasteiger partial charge is 0.454 e. The Labute approximate surface area is 229 Å². The van der Waals surface area contributed by atoms with Crippen molar-refractivity contribution >= 4 is 22.8 Å².